The Morgan fingerprint density at radius 1 is 0.805 bits per heavy atom. The Morgan fingerprint density at radius 3 is 1.68 bits per heavy atom. The summed E-state index contributed by atoms with van der Waals surface area (Å²) in [4.78, 5) is 52.3. The fourth-order valence-corrected chi connectivity index (χ4v) is 2.73. The molecule has 0 aliphatic heterocycles. The fourth-order valence-electron chi connectivity index (χ4n) is 2.35. The Kier molecular flexibility index (Phi) is 10.3. The number of nitrogens with one attached hydrogen (secondary N) is 4. The number of rotatable bonds is 4. The van der Waals surface area contributed by atoms with Gasteiger partial charge in [0.05, 0.1) is 17.2 Å². The third-order valence-electron chi connectivity index (χ3n) is 3.96. The van der Waals surface area contributed by atoms with Crippen molar-refractivity contribution >= 4 is 59.3 Å². The SMILES string of the molecule is N#Cc1nc(N=Nc2c(O)[nH]c(=S)[nH]c2=O)[n-]c1C#N.[C-]#[N+]c1nc(N=Nc2c(O)[nH]c(=S)[nH]c2=O)[n-]c1[N+]#[C-].[Co+2]. The van der Waals surface area contributed by atoms with E-state index in [4.69, 9.17) is 23.7 Å². The Hall–Kier alpha value is -6.11. The summed E-state index contributed by atoms with van der Waals surface area (Å²) in [6.45, 7) is 13.6. The van der Waals surface area contributed by atoms with E-state index in [9.17, 15) is 19.8 Å². The van der Waals surface area contributed by atoms with E-state index < -0.39 is 34.3 Å². The number of aromatic amines is 4. The normalized spacial score (nSPS) is 10.0. The first kappa shape index (κ1) is 31.1. The van der Waals surface area contributed by atoms with Crippen molar-refractivity contribution in [3.8, 4) is 23.9 Å². The van der Waals surface area contributed by atoms with E-state index in [-0.39, 0.29) is 61.2 Å². The molecule has 0 spiro atoms. The van der Waals surface area contributed by atoms with Crippen molar-refractivity contribution in [3.05, 3.63) is 64.5 Å². The molecule has 0 aromatic carbocycles. The molecule has 4 heterocycles. The summed E-state index contributed by atoms with van der Waals surface area (Å²) >= 11 is 9.28. The predicted molar refractivity (Wildman–Crippen MR) is 133 cm³/mol. The van der Waals surface area contributed by atoms with Gasteiger partial charge in [-0.25, -0.2) is 11.7 Å². The van der Waals surface area contributed by atoms with Crippen molar-refractivity contribution in [2.45, 2.75) is 0 Å². The maximum absolute atomic E-state index is 11.5. The van der Waals surface area contributed by atoms with Crippen molar-refractivity contribution in [1.29, 1.82) is 10.5 Å². The second-order valence-electron chi connectivity index (χ2n) is 6.45. The van der Waals surface area contributed by atoms with E-state index in [1.54, 1.807) is 12.1 Å². The molecular formula is C18H6CoN16O4S2. The Bertz CT molecular complexity index is 1870. The van der Waals surface area contributed by atoms with Crippen LogP contribution in [0.2, 0.25) is 0 Å². The molecule has 0 saturated heterocycles. The third-order valence-corrected chi connectivity index (χ3v) is 4.37. The Balaban J connectivity index is 0.000000280. The molecule has 0 aliphatic carbocycles. The molecule has 203 valence electrons. The van der Waals surface area contributed by atoms with Crippen molar-refractivity contribution < 1.29 is 27.0 Å². The topological polar surface area (TPSA) is 297 Å². The molecule has 0 unspecified atom stereocenters. The maximum atomic E-state index is 11.5. The molecule has 4 rings (SSSR count). The quantitative estimate of drug-likeness (QED) is 0.107. The zero-order valence-corrected chi connectivity index (χ0v) is 21.9. The Labute approximate surface area is 245 Å². The van der Waals surface area contributed by atoms with Crippen LogP contribution in [-0.4, -0.2) is 40.1 Å². The number of aromatic nitrogens is 8. The number of nitriles is 2. The van der Waals surface area contributed by atoms with Gasteiger partial charge >= 0.3 is 16.8 Å². The molecule has 1 radical (unpaired) electrons. The molecule has 0 bridgehead atoms. The van der Waals surface area contributed by atoms with E-state index in [0.29, 0.717) is 0 Å². The minimum atomic E-state index is -0.762. The summed E-state index contributed by atoms with van der Waals surface area (Å²) < 4.78 is -0.142. The van der Waals surface area contributed by atoms with Gasteiger partial charge in [-0.05, 0) is 24.4 Å². The van der Waals surface area contributed by atoms with Gasteiger partial charge in [-0.2, -0.15) is 10.5 Å². The molecule has 4 aromatic heterocycles. The monoisotopic (exact) mass is 633 g/mol. The van der Waals surface area contributed by atoms with Crippen molar-refractivity contribution in [2.75, 3.05) is 0 Å². The zero-order chi connectivity index (χ0) is 29.4. The molecular weight excluding hydrogens is 627 g/mol. The van der Waals surface area contributed by atoms with Crippen LogP contribution in [0.3, 0.4) is 0 Å². The van der Waals surface area contributed by atoms with Crippen molar-refractivity contribution in [2.24, 2.45) is 20.5 Å². The van der Waals surface area contributed by atoms with Gasteiger partial charge in [0.15, 0.2) is 15.2 Å². The number of azo groups is 2. The minimum Gasteiger partial charge on any atom is -0.562 e. The molecule has 6 N–H and O–H groups in total. The first-order chi connectivity index (χ1) is 19.1. The van der Waals surface area contributed by atoms with Gasteiger partial charge < -0.3 is 39.8 Å². The maximum Gasteiger partial charge on any atom is 2.00 e. The number of aromatic hydroxyl groups is 2. The number of imidazole rings is 2. The molecule has 0 atom stereocenters. The number of hydrogen-bond acceptors (Lipinski definition) is 14. The van der Waals surface area contributed by atoms with Crippen LogP contribution in [0.15, 0.2) is 30.0 Å². The van der Waals surface area contributed by atoms with Crippen LogP contribution >= 0.6 is 24.4 Å². The van der Waals surface area contributed by atoms with E-state index >= 15 is 0 Å². The van der Waals surface area contributed by atoms with Crippen LogP contribution in [0.5, 0.6) is 11.8 Å². The van der Waals surface area contributed by atoms with Gasteiger partial charge in [0.1, 0.15) is 18.0 Å². The minimum absolute atomic E-state index is 0. The first-order valence-electron chi connectivity index (χ1n) is 9.69. The summed E-state index contributed by atoms with van der Waals surface area (Å²) in [5, 5.41) is 50.2. The molecule has 23 heteroatoms. The van der Waals surface area contributed by atoms with E-state index in [2.05, 4.69) is 94.5 Å². The van der Waals surface area contributed by atoms with Crippen molar-refractivity contribution in [1.82, 2.24) is 39.9 Å². The zero-order valence-electron chi connectivity index (χ0n) is 19.2. The summed E-state index contributed by atoms with van der Waals surface area (Å²) in [7, 11) is 0. The average molecular weight is 633 g/mol. The van der Waals surface area contributed by atoms with Crippen LogP contribution < -0.4 is 21.1 Å². The molecule has 41 heavy (non-hydrogen) atoms. The summed E-state index contributed by atoms with van der Waals surface area (Å²) in [5.41, 5.74) is -2.77. The van der Waals surface area contributed by atoms with Crippen LogP contribution in [0.25, 0.3) is 9.69 Å². The van der Waals surface area contributed by atoms with Crippen LogP contribution in [-0.2, 0) is 16.8 Å². The molecule has 20 nitrogen and oxygen atoms in total. The smallest absolute Gasteiger partial charge is 0.562 e. The number of nitrogens with zero attached hydrogens (tertiary/aromatic N) is 12. The van der Waals surface area contributed by atoms with Gasteiger partial charge in [-0.15, -0.1) is 10.2 Å². The second-order valence-corrected chi connectivity index (χ2v) is 7.27. The van der Waals surface area contributed by atoms with Gasteiger partial charge in [-0.3, -0.25) is 34.6 Å². The van der Waals surface area contributed by atoms with Crippen LogP contribution in [0, 0.1) is 45.3 Å². The van der Waals surface area contributed by atoms with Gasteiger partial charge in [0, 0.05) is 5.95 Å². The van der Waals surface area contributed by atoms with E-state index in [1.807, 2.05) is 0 Å². The molecule has 0 amide bonds. The summed E-state index contributed by atoms with van der Waals surface area (Å²) in [6.07, 6.45) is 0. The predicted octanol–water partition coefficient (Wildman–Crippen LogP) is 2.65. The molecule has 0 saturated carbocycles. The van der Waals surface area contributed by atoms with Crippen molar-refractivity contribution in [3.63, 3.8) is 0 Å². The summed E-state index contributed by atoms with van der Waals surface area (Å²) in [6, 6.07) is 3.32. The van der Waals surface area contributed by atoms with E-state index in [1.165, 1.54) is 0 Å². The van der Waals surface area contributed by atoms with Crippen LogP contribution in [0.1, 0.15) is 11.4 Å². The molecule has 0 fully saturated rings. The van der Waals surface area contributed by atoms with Gasteiger partial charge in [0.2, 0.25) is 23.4 Å². The fraction of sp³-hybridized carbons (Fsp3) is 0. The van der Waals surface area contributed by atoms with E-state index in [0.717, 1.165) is 0 Å². The summed E-state index contributed by atoms with van der Waals surface area (Å²) in [5.74, 6) is -2.10. The first-order valence-corrected chi connectivity index (χ1v) is 10.5. The number of H-pyrrole nitrogens is 4. The average Bonchev–Trinajstić information content (AvgIpc) is 3.50. The molecule has 0 aliphatic rings. The molecule has 4 aromatic rings. The standard InChI is InChI=1S/2C9H4N8O2S.Co/c1-10-4-5(11-2)13-8(12-4)17-16-3-6(18)14-9(20)15-7(3)19;10-1-3-4(2-11)13-8(12-3)17-16-5-6(18)14-9(20)15-7(5)19;/h2*(H4,12,13,14,15,16,17,18,19,20);/q;;+2/p-2. The third kappa shape index (κ3) is 7.48. The van der Waals surface area contributed by atoms with Crippen LogP contribution in [0.4, 0.5) is 34.9 Å². The second kappa shape index (κ2) is 13.6. The van der Waals surface area contributed by atoms with Gasteiger partial charge in [0.25, 0.3) is 11.1 Å². The Morgan fingerprint density at radius 2 is 1.32 bits per heavy atom. The largest absolute Gasteiger partial charge is 2.00 e. The number of hydrogen-bond donors (Lipinski definition) is 6. The van der Waals surface area contributed by atoms with Gasteiger partial charge in [-0.1, -0.05) is 6.57 Å².